The molecular weight excluding hydrogens is 403 g/mol. The van der Waals surface area contributed by atoms with Gasteiger partial charge < -0.3 is 5.32 Å². The molecule has 0 aliphatic carbocycles. The maximum absolute atomic E-state index is 13.2. The van der Waals surface area contributed by atoms with Crippen molar-refractivity contribution >= 4 is 27.3 Å². The number of carbonyl (C=O) groups excluding carboxylic acids is 1. The second-order valence-electron chi connectivity index (χ2n) is 5.99. The van der Waals surface area contributed by atoms with Crippen LogP contribution in [0, 0.1) is 5.82 Å². The number of nitrogens with one attached hydrogen (secondary N) is 1. The Kier molecular flexibility index (Phi) is 6.06. The van der Waals surface area contributed by atoms with Crippen LogP contribution in [0.25, 0.3) is 0 Å². The second-order valence-corrected chi connectivity index (χ2v) is 8.56. The number of halogens is 2. The van der Waals surface area contributed by atoms with E-state index in [0.717, 1.165) is 12.1 Å². The van der Waals surface area contributed by atoms with Gasteiger partial charge in [0, 0.05) is 29.5 Å². The van der Waals surface area contributed by atoms with Crippen molar-refractivity contribution in [3.05, 3.63) is 95.0 Å². The lowest BCUT2D eigenvalue weighted by Crippen LogP contribution is -2.32. The van der Waals surface area contributed by atoms with Gasteiger partial charge in [-0.3, -0.25) is 9.78 Å². The van der Waals surface area contributed by atoms with Crippen molar-refractivity contribution in [2.75, 3.05) is 6.54 Å². The van der Waals surface area contributed by atoms with E-state index in [4.69, 9.17) is 11.6 Å². The fourth-order valence-corrected chi connectivity index (χ4v) is 4.42. The predicted octanol–water partition coefficient (Wildman–Crippen LogP) is 3.82. The molecule has 3 aromatic rings. The Labute approximate surface area is 167 Å². The summed E-state index contributed by atoms with van der Waals surface area (Å²) in [5.41, 5.74) is 0.775. The third kappa shape index (κ3) is 4.55. The molecule has 0 saturated heterocycles. The van der Waals surface area contributed by atoms with Crippen molar-refractivity contribution in [2.45, 2.75) is 10.1 Å². The van der Waals surface area contributed by atoms with E-state index in [1.54, 1.807) is 36.4 Å². The SMILES string of the molecule is O=C(NCC(c1cccnc1)S(=O)(=O)c1ccc(F)cc1)c1ccc(Cl)cc1. The number of hydrogen-bond donors (Lipinski definition) is 1. The summed E-state index contributed by atoms with van der Waals surface area (Å²) in [4.78, 5) is 16.3. The summed E-state index contributed by atoms with van der Waals surface area (Å²) in [6.07, 6.45) is 2.96. The van der Waals surface area contributed by atoms with Gasteiger partial charge in [0.2, 0.25) is 0 Å². The first-order valence-electron chi connectivity index (χ1n) is 8.31. The maximum Gasteiger partial charge on any atom is 0.251 e. The molecule has 0 bridgehead atoms. The molecule has 1 amide bonds. The Balaban J connectivity index is 1.88. The number of nitrogens with zero attached hydrogens (tertiary/aromatic N) is 1. The van der Waals surface area contributed by atoms with Crippen LogP contribution in [-0.4, -0.2) is 25.9 Å². The van der Waals surface area contributed by atoms with E-state index in [0.29, 0.717) is 16.1 Å². The van der Waals surface area contributed by atoms with Crippen molar-refractivity contribution in [1.29, 1.82) is 0 Å². The average molecular weight is 419 g/mol. The highest BCUT2D eigenvalue weighted by Crippen LogP contribution is 2.28. The van der Waals surface area contributed by atoms with Gasteiger partial charge in [0.25, 0.3) is 5.91 Å². The summed E-state index contributed by atoms with van der Waals surface area (Å²) in [5, 5.41) is 2.05. The lowest BCUT2D eigenvalue weighted by atomic mass is 10.2. The van der Waals surface area contributed by atoms with Crippen molar-refractivity contribution < 1.29 is 17.6 Å². The van der Waals surface area contributed by atoms with Crippen LogP contribution in [0.15, 0.2) is 78.0 Å². The molecule has 0 saturated carbocycles. The summed E-state index contributed by atoms with van der Waals surface area (Å²) >= 11 is 5.82. The van der Waals surface area contributed by atoms with Crippen LogP contribution in [-0.2, 0) is 9.84 Å². The maximum atomic E-state index is 13.2. The minimum atomic E-state index is -3.90. The topological polar surface area (TPSA) is 76.1 Å². The number of benzene rings is 2. The summed E-state index contributed by atoms with van der Waals surface area (Å²) in [6, 6.07) is 14.0. The van der Waals surface area contributed by atoms with Crippen LogP contribution >= 0.6 is 11.6 Å². The third-order valence-electron chi connectivity index (χ3n) is 4.13. The highest BCUT2D eigenvalue weighted by molar-refractivity contribution is 7.91. The van der Waals surface area contributed by atoms with Gasteiger partial charge in [-0.2, -0.15) is 0 Å². The molecular formula is C20H16ClFN2O3S. The molecule has 144 valence electrons. The predicted molar refractivity (Wildman–Crippen MR) is 104 cm³/mol. The van der Waals surface area contributed by atoms with Crippen LogP contribution < -0.4 is 5.32 Å². The highest BCUT2D eigenvalue weighted by Gasteiger charge is 2.30. The zero-order chi connectivity index (χ0) is 20.1. The molecule has 3 rings (SSSR count). The Bertz CT molecular complexity index is 1060. The molecule has 0 fully saturated rings. The first-order chi connectivity index (χ1) is 13.4. The number of carbonyl (C=O) groups is 1. The van der Waals surface area contributed by atoms with E-state index in [2.05, 4.69) is 10.3 Å². The van der Waals surface area contributed by atoms with Crippen LogP contribution in [0.4, 0.5) is 4.39 Å². The molecule has 1 atom stereocenters. The number of sulfone groups is 1. The Morgan fingerprint density at radius 2 is 1.75 bits per heavy atom. The van der Waals surface area contributed by atoms with Gasteiger partial charge in [-0.1, -0.05) is 17.7 Å². The van der Waals surface area contributed by atoms with E-state index in [1.165, 1.54) is 24.5 Å². The third-order valence-corrected chi connectivity index (χ3v) is 6.50. The van der Waals surface area contributed by atoms with E-state index >= 15 is 0 Å². The molecule has 1 heterocycles. The van der Waals surface area contributed by atoms with Gasteiger partial charge in [-0.25, -0.2) is 12.8 Å². The minimum Gasteiger partial charge on any atom is -0.350 e. The van der Waals surface area contributed by atoms with Gasteiger partial charge in [-0.15, -0.1) is 0 Å². The van der Waals surface area contributed by atoms with Crippen LogP contribution in [0.3, 0.4) is 0 Å². The largest absolute Gasteiger partial charge is 0.350 e. The van der Waals surface area contributed by atoms with E-state index in [1.807, 2.05) is 0 Å². The lowest BCUT2D eigenvalue weighted by molar-refractivity contribution is 0.0953. The van der Waals surface area contributed by atoms with E-state index < -0.39 is 26.8 Å². The molecule has 1 N–H and O–H groups in total. The highest BCUT2D eigenvalue weighted by atomic mass is 35.5. The standard InChI is InChI=1S/C20H16ClFN2O3S/c21-16-5-3-14(4-6-16)20(25)24-13-19(15-2-1-11-23-12-15)28(26,27)18-9-7-17(22)8-10-18/h1-12,19H,13H2,(H,24,25). The fraction of sp³-hybridized carbons (Fsp3) is 0.100. The summed E-state index contributed by atoms with van der Waals surface area (Å²) < 4.78 is 39.4. The first-order valence-corrected chi connectivity index (χ1v) is 10.2. The van der Waals surface area contributed by atoms with Gasteiger partial charge in [-0.05, 0) is 60.2 Å². The quantitative estimate of drug-likeness (QED) is 0.617. The van der Waals surface area contributed by atoms with Crippen molar-refractivity contribution in [3.8, 4) is 0 Å². The van der Waals surface area contributed by atoms with Gasteiger partial charge in [0.1, 0.15) is 11.1 Å². The molecule has 8 heteroatoms. The first kappa shape index (κ1) is 20.0. The Morgan fingerprint density at radius 1 is 1.07 bits per heavy atom. The van der Waals surface area contributed by atoms with Crippen LogP contribution in [0.1, 0.15) is 21.2 Å². The Morgan fingerprint density at radius 3 is 2.36 bits per heavy atom. The monoisotopic (exact) mass is 418 g/mol. The molecule has 28 heavy (non-hydrogen) atoms. The number of hydrogen-bond acceptors (Lipinski definition) is 4. The van der Waals surface area contributed by atoms with Gasteiger partial charge in [0.05, 0.1) is 4.90 Å². The molecule has 0 aliphatic rings. The number of pyridine rings is 1. The second kappa shape index (κ2) is 8.50. The van der Waals surface area contributed by atoms with Gasteiger partial charge >= 0.3 is 0 Å². The average Bonchev–Trinajstić information content (AvgIpc) is 2.69. The molecule has 0 spiro atoms. The molecule has 0 radical (unpaired) electrons. The fourth-order valence-electron chi connectivity index (χ4n) is 2.65. The van der Waals surface area contributed by atoms with E-state index in [9.17, 15) is 17.6 Å². The summed E-state index contributed by atoms with van der Waals surface area (Å²) in [7, 11) is -3.90. The zero-order valence-corrected chi connectivity index (χ0v) is 16.1. The number of amides is 1. The molecule has 0 aliphatic heterocycles. The van der Waals surface area contributed by atoms with Crippen molar-refractivity contribution in [1.82, 2.24) is 10.3 Å². The Hall–Kier alpha value is -2.77. The van der Waals surface area contributed by atoms with E-state index in [-0.39, 0.29) is 11.4 Å². The van der Waals surface area contributed by atoms with Crippen LogP contribution in [0.5, 0.6) is 0 Å². The molecule has 2 aromatic carbocycles. The summed E-state index contributed by atoms with van der Waals surface area (Å²) in [5.74, 6) is -0.965. The minimum absolute atomic E-state index is 0.0384. The zero-order valence-electron chi connectivity index (χ0n) is 14.5. The van der Waals surface area contributed by atoms with Crippen molar-refractivity contribution in [3.63, 3.8) is 0 Å². The van der Waals surface area contributed by atoms with Crippen molar-refractivity contribution in [2.24, 2.45) is 0 Å². The van der Waals surface area contributed by atoms with Crippen LogP contribution in [0.2, 0.25) is 5.02 Å². The van der Waals surface area contributed by atoms with Gasteiger partial charge in [0.15, 0.2) is 9.84 Å². The normalized spacial score (nSPS) is 12.4. The number of aromatic nitrogens is 1. The molecule has 5 nitrogen and oxygen atoms in total. The lowest BCUT2D eigenvalue weighted by Gasteiger charge is -2.19. The summed E-state index contributed by atoms with van der Waals surface area (Å²) in [6.45, 7) is -0.174. The molecule has 1 aromatic heterocycles. The number of rotatable bonds is 6. The molecule has 1 unspecified atom stereocenters. The smallest absolute Gasteiger partial charge is 0.251 e.